The van der Waals surface area contributed by atoms with Crippen molar-refractivity contribution in [2.45, 2.75) is 40.5 Å². The summed E-state index contributed by atoms with van der Waals surface area (Å²) in [7, 11) is 0. The van der Waals surface area contributed by atoms with Crippen LogP contribution in [0, 0.1) is 21.4 Å². The van der Waals surface area contributed by atoms with E-state index in [1.807, 2.05) is 33.8 Å². The average Bonchev–Trinajstić information content (AvgIpc) is 2.41. The summed E-state index contributed by atoms with van der Waals surface area (Å²) < 4.78 is 0. The number of rotatable bonds is 3. The van der Waals surface area contributed by atoms with Gasteiger partial charge in [-0.1, -0.05) is 39.8 Å². The minimum Gasteiger partial charge on any atom is -0.258 e. The first-order chi connectivity index (χ1) is 8.24. The molecule has 0 N–H and O–H groups in total. The second-order valence-corrected chi connectivity index (χ2v) is 2.58. The maximum atomic E-state index is 10.3. The fourth-order valence-electron chi connectivity index (χ4n) is 0.985. The topological polar surface area (TPSA) is 66.9 Å². The summed E-state index contributed by atoms with van der Waals surface area (Å²) in [6, 6.07) is 8.27. The van der Waals surface area contributed by atoms with E-state index in [-0.39, 0.29) is 5.69 Å². The van der Waals surface area contributed by atoms with Gasteiger partial charge in [-0.2, -0.15) is 5.26 Å². The number of non-ortho nitro benzene ring substituents is 1. The number of benzene rings is 1. The fourth-order valence-corrected chi connectivity index (χ4v) is 0.985. The Morgan fingerprint density at radius 1 is 1.18 bits per heavy atom. The predicted octanol–water partition coefficient (Wildman–Crippen LogP) is 4.10. The first-order valence-corrected chi connectivity index (χ1v) is 5.84. The lowest BCUT2D eigenvalue weighted by Gasteiger charge is -1.95. The van der Waals surface area contributed by atoms with Crippen LogP contribution < -0.4 is 0 Å². The molecule has 0 aliphatic heterocycles. The van der Waals surface area contributed by atoms with Crippen molar-refractivity contribution < 1.29 is 4.92 Å². The summed E-state index contributed by atoms with van der Waals surface area (Å²) in [5, 5.41) is 18.6. The Bertz CT molecular complexity index is 339. The monoisotopic (exact) mass is 236 g/mol. The standard InChI is InChI=1S/C9H8N2O2.2C2H6/c10-7-1-2-8-3-5-9(6-4-8)11(12)13;2*1-2/h3-6H,1-2H2;2*1-2H3. The molecule has 0 unspecified atom stereocenters. The molecule has 0 atom stereocenters. The van der Waals surface area contributed by atoms with Crippen molar-refractivity contribution in [3.63, 3.8) is 0 Å². The number of nitro benzene ring substituents is 1. The molecular weight excluding hydrogens is 216 g/mol. The zero-order valence-electron chi connectivity index (χ0n) is 10.9. The third-order valence-electron chi connectivity index (χ3n) is 1.67. The number of nitriles is 1. The lowest BCUT2D eigenvalue weighted by atomic mass is 10.1. The predicted molar refractivity (Wildman–Crippen MR) is 69.7 cm³/mol. The molecule has 0 bridgehead atoms. The van der Waals surface area contributed by atoms with Crippen molar-refractivity contribution in [2.75, 3.05) is 0 Å². The molecular formula is C13H20N2O2. The lowest BCUT2D eigenvalue weighted by molar-refractivity contribution is -0.384. The largest absolute Gasteiger partial charge is 0.269 e. The smallest absolute Gasteiger partial charge is 0.258 e. The molecule has 0 saturated heterocycles. The molecule has 0 radical (unpaired) electrons. The maximum Gasteiger partial charge on any atom is 0.269 e. The van der Waals surface area contributed by atoms with Gasteiger partial charge < -0.3 is 0 Å². The van der Waals surface area contributed by atoms with Crippen molar-refractivity contribution in [3.05, 3.63) is 39.9 Å². The summed E-state index contributed by atoms with van der Waals surface area (Å²) in [5.41, 5.74) is 1.04. The Hall–Kier alpha value is -1.89. The van der Waals surface area contributed by atoms with Gasteiger partial charge in [0.25, 0.3) is 5.69 Å². The lowest BCUT2D eigenvalue weighted by Crippen LogP contribution is -1.88. The molecule has 4 nitrogen and oxygen atoms in total. The van der Waals surface area contributed by atoms with E-state index in [0.717, 1.165) is 5.56 Å². The van der Waals surface area contributed by atoms with Gasteiger partial charge in [0.1, 0.15) is 0 Å². The highest BCUT2D eigenvalue weighted by molar-refractivity contribution is 5.32. The van der Waals surface area contributed by atoms with Gasteiger partial charge >= 0.3 is 0 Å². The van der Waals surface area contributed by atoms with Gasteiger partial charge in [-0.05, 0) is 12.0 Å². The average molecular weight is 236 g/mol. The molecule has 0 heterocycles. The number of aryl methyl sites for hydroxylation is 1. The zero-order chi connectivity index (χ0) is 13.7. The minimum absolute atomic E-state index is 0.0840. The van der Waals surface area contributed by atoms with E-state index in [0.29, 0.717) is 12.8 Å². The maximum absolute atomic E-state index is 10.3. The van der Waals surface area contributed by atoms with Crippen LogP contribution in [0.2, 0.25) is 0 Å². The molecule has 0 amide bonds. The van der Waals surface area contributed by atoms with Crippen LogP contribution in [-0.2, 0) is 6.42 Å². The van der Waals surface area contributed by atoms with Crippen LogP contribution in [-0.4, -0.2) is 4.92 Å². The molecule has 0 fully saturated rings. The Morgan fingerprint density at radius 3 is 2.00 bits per heavy atom. The molecule has 0 saturated carbocycles. The van der Waals surface area contributed by atoms with Crippen molar-refractivity contribution in [1.29, 1.82) is 5.26 Å². The van der Waals surface area contributed by atoms with Gasteiger partial charge in [0, 0.05) is 18.6 Å². The Labute approximate surface area is 103 Å². The fraction of sp³-hybridized carbons (Fsp3) is 0.462. The third-order valence-corrected chi connectivity index (χ3v) is 1.67. The van der Waals surface area contributed by atoms with Crippen LogP contribution in [0.5, 0.6) is 0 Å². The number of hydrogen-bond acceptors (Lipinski definition) is 3. The number of hydrogen-bond donors (Lipinski definition) is 0. The van der Waals surface area contributed by atoms with E-state index in [9.17, 15) is 10.1 Å². The van der Waals surface area contributed by atoms with Crippen LogP contribution in [0.3, 0.4) is 0 Å². The van der Waals surface area contributed by atoms with E-state index in [1.165, 1.54) is 12.1 Å². The number of nitrogens with zero attached hydrogens (tertiary/aromatic N) is 2. The van der Waals surface area contributed by atoms with Gasteiger partial charge in [-0.15, -0.1) is 0 Å². The summed E-state index contributed by atoms with van der Waals surface area (Å²) in [6.45, 7) is 8.00. The molecule has 0 aromatic heterocycles. The highest BCUT2D eigenvalue weighted by Gasteiger charge is 2.02. The zero-order valence-corrected chi connectivity index (χ0v) is 10.9. The van der Waals surface area contributed by atoms with E-state index < -0.39 is 4.92 Å². The molecule has 1 rings (SSSR count). The summed E-state index contributed by atoms with van der Waals surface area (Å²) in [5.74, 6) is 0. The highest BCUT2D eigenvalue weighted by atomic mass is 16.6. The molecule has 1 aromatic carbocycles. The summed E-state index contributed by atoms with van der Waals surface area (Å²) >= 11 is 0. The first-order valence-electron chi connectivity index (χ1n) is 5.84. The number of nitro groups is 1. The molecule has 94 valence electrons. The van der Waals surface area contributed by atoms with Crippen molar-refractivity contribution >= 4 is 5.69 Å². The van der Waals surface area contributed by atoms with Crippen molar-refractivity contribution in [1.82, 2.24) is 0 Å². The Morgan fingerprint density at radius 2 is 1.65 bits per heavy atom. The van der Waals surface area contributed by atoms with Gasteiger partial charge in [0.05, 0.1) is 11.0 Å². The molecule has 0 aliphatic rings. The molecule has 0 spiro atoms. The van der Waals surface area contributed by atoms with Crippen molar-refractivity contribution in [3.8, 4) is 6.07 Å². The Balaban J connectivity index is 0. The molecule has 4 heteroatoms. The summed E-state index contributed by atoms with van der Waals surface area (Å²) in [6.07, 6.45) is 1.09. The van der Waals surface area contributed by atoms with Crippen LogP contribution in [0.4, 0.5) is 5.69 Å². The normalized spacial score (nSPS) is 7.71. The first kappa shape index (κ1) is 17.5. The van der Waals surface area contributed by atoms with Crippen LogP contribution >= 0.6 is 0 Å². The Kier molecular flexibility index (Phi) is 12.5. The molecule has 17 heavy (non-hydrogen) atoms. The molecule has 0 aliphatic carbocycles. The van der Waals surface area contributed by atoms with Gasteiger partial charge in [0.15, 0.2) is 0 Å². The van der Waals surface area contributed by atoms with E-state index in [2.05, 4.69) is 0 Å². The minimum atomic E-state index is -0.436. The third kappa shape index (κ3) is 7.97. The van der Waals surface area contributed by atoms with E-state index in [4.69, 9.17) is 5.26 Å². The van der Waals surface area contributed by atoms with E-state index in [1.54, 1.807) is 12.1 Å². The second-order valence-electron chi connectivity index (χ2n) is 2.58. The van der Waals surface area contributed by atoms with Crippen molar-refractivity contribution in [2.24, 2.45) is 0 Å². The van der Waals surface area contributed by atoms with Gasteiger partial charge in [0.2, 0.25) is 0 Å². The second kappa shape index (κ2) is 12.2. The SMILES string of the molecule is CC.CC.N#CCCc1ccc([N+](=O)[O-])cc1. The quantitative estimate of drug-likeness (QED) is 0.586. The van der Waals surface area contributed by atoms with Crippen LogP contribution in [0.1, 0.15) is 39.7 Å². The molecule has 1 aromatic rings. The van der Waals surface area contributed by atoms with Gasteiger partial charge in [-0.25, -0.2) is 0 Å². The van der Waals surface area contributed by atoms with Gasteiger partial charge in [-0.3, -0.25) is 10.1 Å². The van der Waals surface area contributed by atoms with Crippen LogP contribution in [0.15, 0.2) is 24.3 Å². The van der Waals surface area contributed by atoms with E-state index >= 15 is 0 Å². The van der Waals surface area contributed by atoms with Crippen LogP contribution in [0.25, 0.3) is 0 Å². The summed E-state index contributed by atoms with van der Waals surface area (Å²) in [4.78, 5) is 9.84. The highest BCUT2D eigenvalue weighted by Crippen LogP contribution is 2.12.